The smallest absolute Gasteiger partial charge is 0.311 e. The third-order valence-electron chi connectivity index (χ3n) is 2.00. The van der Waals surface area contributed by atoms with E-state index in [1.54, 1.807) is 6.20 Å². The fourth-order valence-electron chi connectivity index (χ4n) is 1.14. The minimum atomic E-state index is -0.428. The molecule has 74 valence electrons. The Morgan fingerprint density at radius 3 is 2.86 bits per heavy atom. The van der Waals surface area contributed by atoms with Gasteiger partial charge in [-0.3, -0.25) is 15.1 Å². The predicted octanol–water partition coefficient (Wildman–Crippen LogP) is 2.33. The first-order valence-corrected chi connectivity index (χ1v) is 5.02. The molecule has 1 saturated carbocycles. The van der Waals surface area contributed by atoms with Gasteiger partial charge in [0.05, 0.1) is 9.40 Å². The Balaban J connectivity index is 2.36. The van der Waals surface area contributed by atoms with Gasteiger partial charge in [-0.2, -0.15) is 0 Å². The maximum atomic E-state index is 10.7. The van der Waals surface area contributed by atoms with Crippen LogP contribution in [0.3, 0.4) is 0 Å². The number of pyridine rings is 1. The summed E-state index contributed by atoms with van der Waals surface area (Å²) in [4.78, 5) is 14.0. The fourth-order valence-corrected chi connectivity index (χ4v) is 1.57. The Bertz CT molecular complexity index is 379. The number of nitro groups is 1. The van der Waals surface area contributed by atoms with Gasteiger partial charge in [-0.25, -0.2) is 0 Å². The van der Waals surface area contributed by atoms with Gasteiger partial charge in [0.25, 0.3) is 0 Å². The Kier molecular flexibility index (Phi) is 2.37. The van der Waals surface area contributed by atoms with Gasteiger partial charge in [-0.15, -0.1) is 0 Å². The number of hydrogen-bond acceptors (Lipinski definition) is 4. The van der Waals surface area contributed by atoms with Crippen LogP contribution in [0.2, 0.25) is 0 Å². The quantitative estimate of drug-likeness (QED) is 0.667. The third kappa shape index (κ3) is 1.84. The molecule has 0 saturated heterocycles. The zero-order valence-electron chi connectivity index (χ0n) is 7.24. The van der Waals surface area contributed by atoms with Crippen LogP contribution in [0.4, 0.5) is 11.4 Å². The van der Waals surface area contributed by atoms with Gasteiger partial charge in [0.1, 0.15) is 11.9 Å². The Morgan fingerprint density at radius 2 is 2.29 bits per heavy atom. The lowest BCUT2D eigenvalue weighted by Gasteiger charge is -2.06. The summed E-state index contributed by atoms with van der Waals surface area (Å²) in [6, 6.07) is 0.382. The van der Waals surface area contributed by atoms with Crippen LogP contribution in [-0.2, 0) is 0 Å². The normalized spacial score (nSPS) is 15.2. The zero-order chi connectivity index (χ0) is 10.1. The summed E-state index contributed by atoms with van der Waals surface area (Å²) in [6.07, 6.45) is 4.96. The summed E-state index contributed by atoms with van der Waals surface area (Å²) < 4.78 is 0.638. The van der Waals surface area contributed by atoms with Crippen molar-refractivity contribution in [3.63, 3.8) is 0 Å². The van der Waals surface area contributed by atoms with Gasteiger partial charge in [-0.1, -0.05) is 0 Å². The Hall–Kier alpha value is -1.17. The molecular formula is C8H8BrN3O2. The Morgan fingerprint density at radius 1 is 1.57 bits per heavy atom. The van der Waals surface area contributed by atoms with Crippen LogP contribution in [-0.4, -0.2) is 15.9 Å². The molecule has 6 heteroatoms. The van der Waals surface area contributed by atoms with Crippen molar-refractivity contribution in [1.29, 1.82) is 0 Å². The average Bonchev–Trinajstić information content (AvgIpc) is 2.91. The van der Waals surface area contributed by atoms with Crippen LogP contribution in [0.1, 0.15) is 12.8 Å². The van der Waals surface area contributed by atoms with Gasteiger partial charge in [-0.05, 0) is 28.8 Å². The molecule has 1 heterocycles. The van der Waals surface area contributed by atoms with E-state index in [4.69, 9.17) is 0 Å². The van der Waals surface area contributed by atoms with Crippen molar-refractivity contribution in [2.24, 2.45) is 0 Å². The number of hydrogen-bond donors (Lipinski definition) is 1. The summed E-state index contributed by atoms with van der Waals surface area (Å²) in [5.41, 5.74) is 0.554. The van der Waals surface area contributed by atoms with Crippen molar-refractivity contribution in [3.05, 3.63) is 27.0 Å². The summed E-state index contributed by atoms with van der Waals surface area (Å²) in [5, 5.41) is 13.8. The molecule has 1 fully saturated rings. The third-order valence-corrected chi connectivity index (χ3v) is 2.60. The highest BCUT2D eigenvalue weighted by atomic mass is 79.9. The molecular weight excluding hydrogens is 250 g/mol. The van der Waals surface area contributed by atoms with Crippen LogP contribution in [0.15, 0.2) is 16.9 Å². The van der Waals surface area contributed by atoms with Gasteiger partial charge in [0, 0.05) is 12.2 Å². The highest BCUT2D eigenvalue weighted by Gasteiger charge is 2.26. The number of anilines is 1. The fraction of sp³-hybridized carbons (Fsp3) is 0.375. The van der Waals surface area contributed by atoms with Crippen molar-refractivity contribution in [2.45, 2.75) is 18.9 Å². The molecule has 14 heavy (non-hydrogen) atoms. The molecule has 0 radical (unpaired) electrons. The van der Waals surface area contributed by atoms with E-state index >= 15 is 0 Å². The van der Waals surface area contributed by atoms with Gasteiger partial charge in [0.2, 0.25) is 0 Å². The minimum absolute atomic E-state index is 0.0197. The SMILES string of the molecule is O=[N+]([O-])c1cncc(Br)c1NC1CC1. The number of halogens is 1. The summed E-state index contributed by atoms with van der Waals surface area (Å²) in [6.45, 7) is 0. The van der Waals surface area contributed by atoms with E-state index < -0.39 is 4.92 Å². The minimum Gasteiger partial charge on any atom is -0.376 e. The van der Waals surface area contributed by atoms with Crippen molar-refractivity contribution in [3.8, 4) is 0 Å². The van der Waals surface area contributed by atoms with E-state index in [1.165, 1.54) is 6.20 Å². The number of rotatable bonds is 3. The second-order valence-corrected chi connectivity index (χ2v) is 4.05. The first kappa shape index (κ1) is 9.39. The van der Waals surface area contributed by atoms with Gasteiger partial charge < -0.3 is 5.32 Å². The van der Waals surface area contributed by atoms with E-state index in [0.29, 0.717) is 16.2 Å². The zero-order valence-corrected chi connectivity index (χ0v) is 8.82. The largest absolute Gasteiger partial charge is 0.376 e. The Labute approximate surface area is 88.8 Å². The molecule has 1 aromatic rings. The molecule has 0 spiro atoms. The second-order valence-electron chi connectivity index (χ2n) is 3.19. The van der Waals surface area contributed by atoms with Crippen molar-refractivity contribution >= 4 is 27.3 Å². The predicted molar refractivity (Wildman–Crippen MR) is 55.2 cm³/mol. The van der Waals surface area contributed by atoms with Crippen LogP contribution in [0, 0.1) is 10.1 Å². The highest BCUT2D eigenvalue weighted by Crippen LogP contribution is 2.35. The van der Waals surface area contributed by atoms with Crippen molar-refractivity contribution < 1.29 is 4.92 Å². The molecule has 1 N–H and O–H groups in total. The molecule has 0 unspecified atom stereocenters. The topological polar surface area (TPSA) is 68.1 Å². The maximum Gasteiger partial charge on any atom is 0.311 e. The molecule has 0 bridgehead atoms. The first-order valence-electron chi connectivity index (χ1n) is 4.23. The molecule has 0 aliphatic heterocycles. The summed E-state index contributed by atoms with van der Waals surface area (Å²) in [7, 11) is 0. The second kappa shape index (κ2) is 3.53. The van der Waals surface area contributed by atoms with E-state index in [9.17, 15) is 10.1 Å². The molecule has 0 aromatic carbocycles. The standard InChI is InChI=1S/C8H8BrN3O2/c9-6-3-10-4-7(12(13)14)8(6)11-5-1-2-5/h3-5H,1-2H2,(H,10,11). The molecule has 1 aliphatic rings. The molecule has 0 amide bonds. The van der Waals surface area contributed by atoms with E-state index in [-0.39, 0.29) is 5.69 Å². The molecule has 2 rings (SSSR count). The van der Waals surface area contributed by atoms with Crippen LogP contribution < -0.4 is 5.32 Å². The molecule has 5 nitrogen and oxygen atoms in total. The van der Waals surface area contributed by atoms with E-state index in [2.05, 4.69) is 26.2 Å². The lowest BCUT2D eigenvalue weighted by atomic mass is 10.3. The summed E-state index contributed by atoms with van der Waals surface area (Å²) in [5.74, 6) is 0. The van der Waals surface area contributed by atoms with Crippen LogP contribution in [0.25, 0.3) is 0 Å². The van der Waals surface area contributed by atoms with Gasteiger partial charge in [0.15, 0.2) is 0 Å². The molecule has 0 atom stereocenters. The molecule has 1 aromatic heterocycles. The number of aromatic nitrogens is 1. The van der Waals surface area contributed by atoms with E-state index in [1.807, 2.05) is 0 Å². The maximum absolute atomic E-state index is 10.7. The van der Waals surface area contributed by atoms with Crippen LogP contribution >= 0.6 is 15.9 Å². The van der Waals surface area contributed by atoms with Gasteiger partial charge >= 0.3 is 5.69 Å². The first-order chi connectivity index (χ1) is 6.68. The highest BCUT2D eigenvalue weighted by molar-refractivity contribution is 9.10. The van der Waals surface area contributed by atoms with Crippen molar-refractivity contribution in [1.82, 2.24) is 4.98 Å². The average molecular weight is 258 g/mol. The number of nitrogens with one attached hydrogen (secondary N) is 1. The van der Waals surface area contributed by atoms with E-state index in [0.717, 1.165) is 12.8 Å². The van der Waals surface area contributed by atoms with Crippen molar-refractivity contribution in [2.75, 3.05) is 5.32 Å². The lowest BCUT2D eigenvalue weighted by molar-refractivity contribution is -0.384. The monoisotopic (exact) mass is 257 g/mol. The summed E-state index contributed by atoms with van der Waals surface area (Å²) >= 11 is 3.24. The van der Waals surface area contributed by atoms with Crippen LogP contribution in [0.5, 0.6) is 0 Å². The molecule has 1 aliphatic carbocycles. The lowest BCUT2D eigenvalue weighted by Crippen LogP contribution is -2.05. The number of nitrogens with zero attached hydrogens (tertiary/aromatic N) is 2.